The third-order valence-corrected chi connectivity index (χ3v) is 4.64. The molecule has 1 N–H and O–H groups in total. The van der Waals surface area contributed by atoms with Gasteiger partial charge in [-0.15, -0.1) is 0 Å². The average Bonchev–Trinajstić information content (AvgIpc) is 2.51. The Bertz CT molecular complexity index is 268. The monoisotopic (exact) mass is 265 g/mol. The second-order valence-electron chi connectivity index (χ2n) is 5.86. The van der Waals surface area contributed by atoms with Crippen LogP contribution in [0.2, 0.25) is 0 Å². The predicted molar refractivity (Wildman–Crippen MR) is 63.2 cm³/mol. The molecular formula is C13H22F3NO. The molecule has 2 heterocycles. The molecule has 2 aliphatic rings. The van der Waals surface area contributed by atoms with Gasteiger partial charge in [0.15, 0.2) is 0 Å². The molecule has 2 saturated heterocycles. The molecule has 2 fully saturated rings. The van der Waals surface area contributed by atoms with Gasteiger partial charge in [0.25, 0.3) is 0 Å². The van der Waals surface area contributed by atoms with Crippen LogP contribution < -0.4 is 0 Å². The first-order chi connectivity index (χ1) is 8.37. The van der Waals surface area contributed by atoms with Gasteiger partial charge in [0, 0.05) is 18.5 Å². The third-order valence-electron chi connectivity index (χ3n) is 4.64. The van der Waals surface area contributed by atoms with E-state index in [0.717, 1.165) is 12.8 Å². The molecule has 3 atom stereocenters. The molecule has 106 valence electrons. The van der Waals surface area contributed by atoms with Crippen molar-refractivity contribution in [2.75, 3.05) is 7.05 Å². The molecule has 5 heteroatoms. The molecule has 18 heavy (non-hydrogen) atoms. The quantitative estimate of drug-likeness (QED) is 0.844. The van der Waals surface area contributed by atoms with Crippen molar-refractivity contribution in [3.05, 3.63) is 0 Å². The van der Waals surface area contributed by atoms with E-state index in [0.29, 0.717) is 12.1 Å². The van der Waals surface area contributed by atoms with Crippen LogP contribution >= 0.6 is 0 Å². The fraction of sp³-hybridized carbons (Fsp3) is 1.00. The van der Waals surface area contributed by atoms with E-state index in [1.54, 1.807) is 0 Å². The van der Waals surface area contributed by atoms with Gasteiger partial charge in [0.1, 0.15) is 0 Å². The van der Waals surface area contributed by atoms with Crippen LogP contribution in [0.3, 0.4) is 0 Å². The smallest absolute Gasteiger partial charge is 0.389 e. The van der Waals surface area contributed by atoms with E-state index in [-0.39, 0.29) is 18.8 Å². The molecule has 0 aromatic carbocycles. The van der Waals surface area contributed by atoms with Crippen LogP contribution in [0, 0.1) is 5.92 Å². The highest BCUT2D eigenvalue weighted by atomic mass is 19.4. The molecule has 0 aliphatic carbocycles. The summed E-state index contributed by atoms with van der Waals surface area (Å²) >= 11 is 0. The molecule has 2 rings (SSSR count). The van der Waals surface area contributed by atoms with Gasteiger partial charge < -0.3 is 10.0 Å². The summed E-state index contributed by atoms with van der Waals surface area (Å²) in [6.07, 6.45) is -0.848. The molecule has 2 aliphatic heterocycles. The van der Waals surface area contributed by atoms with E-state index in [4.69, 9.17) is 0 Å². The van der Waals surface area contributed by atoms with Crippen molar-refractivity contribution in [2.24, 2.45) is 5.92 Å². The Morgan fingerprint density at radius 2 is 1.78 bits per heavy atom. The number of aliphatic hydroxyl groups is 1. The molecule has 2 nitrogen and oxygen atoms in total. The number of alkyl halides is 3. The second kappa shape index (κ2) is 5.37. The maximum Gasteiger partial charge on any atom is 0.389 e. The molecule has 3 unspecified atom stereocenters. The Labute approximate surface area is 106 Å². The highest BCUT2D eigenvalue weighted by Gasteiger charge is 2.40. The standard InChI is InChI=1S/C13H22F3NO/c1-17-10-4-5-11(17)8-9(7-10)12(18)3-2-6-13(14,15)16/h9-12,18H,2-8H2,1H3. The van der Waals surface area contributed by atoms with Crippen LogP contribution in [-0.4, -0.2) is 41.4 Å². The number of piperidine rings is 1. The third kappa shape index (κ3) is 3.38. The summed E-state index contributed by atoms with van der Waals surface area (Å²) in [4.78, 5) is 2.37. The Kier molecular flexibility index (Phi) is 4.22. The number of rotatable bonds is 4. The number of nitrogens with zero attached hydrogens (tertiary/aromatic N) is 1. The normalized spacial score (nSPS) is 34.8. The first-order valence-electron chi connectivity index (χ1n) is 6.83. The maximum atomic E-state index is 12.0. The van der Waals surface area contributed by atoms with Gasteiger partial charge in [0.05, 0.1) is 6.10 Å². The highest BCUT2D eigenvalue weighted by Crippen LogP contribution is 2.39. The van der Waals surface area contributed by atoms with Crippen molar-refractivity contribution in [3.8, 4) is 0 Å². The minimum Gasteiger partial charge on any atom is -0.393 e. The van der Waals surface area contributed by atoms with E-state index in [9.17, 15) is 18.3 Å². The van der Waals surface area contributed by atoms with Gasteiger partial charge in [-0.3, -0.25) is 0 Å². The van der Waals surface area contributed by atoms with Crippen LogP contribution in [-0.2, 0) is 0 Å². The molecule has 0 spiro atoms. The summed E-state index contributed by atoms with van der Waals surface area (Å²) in [6.45, 7) is 0. The van der Waals surface area contributed by atoms with Crippen LogP contribution in [0.1, 0.15) is 44.9 Å². The average molecular weight is 265 g/mol. The summed E-state index contributed by atoms with van der Waals surface area (Å²) in [6, 6.07) is 1.07. The molecule has 0 saturated carbocycles. The lowest BCUT2D eigenvalue weighted by molar-refractivity contribution is -0.137. The van der Waals surface area contributed by atoms with Gasteiger partial charge in [-0.25, -0.2) is 0 Å². The molecule has 0 aromatic heterocycles. The Hall–Kier alpha value is -0.290. The van der Waals surface area contributed by atoms with Crippen LogP contribution in [0.15, 0.2) is 0 Å². The van der Waals surface area contributed by atoms with E-state index in [1.165, 1.54) is 12.8 Å². The van der Waals surface area contributed by atoms with Crippen molar-refractivity contribution in [1.29, 1.82) is 0 Å². The van der Waals surface area contributed by atoms with Crippen LogP contribution in [0.25, 0.3) is 0 Å². The molecule has 0 radical (unpaired) electrons. The van der Waals surface area contributed by atoms with E-state index >= 15 is 0 Å². The Morgan fingerprint density at radius 1 is 1.22 bits per heavy atom. The Morgan fingerprint density at radius 3 is 2.28 bits per heavy atom. The number of hydrogen-bond donors (Lipinski definition) is 1. The number of hydrogen-bond acceptors (Lipinski definition) is 2. The number of halogens is 3. The minimum absolute atomic E-state index is 0.0480. The van der Waals surface area contributed by atoms with Gasteiger partial charge in [-0.2, -0.15) is 13.2 Å². The topological polar surface area (TPSA) is 23.5 Å². The van der Waals surface area contributed by atoms with Gasteiger partial charge in [-0.1, -0.05) is 0 Å². The van der Waals surface area contributed by atoms with Gasteiger partial charge in [0.2, 0.25) is 0 Å². The Balaban J connectivity index is 1.75. The highest BCUT2D eigenvalue weighted by molar-refractivity contribution is 4.95. The lowest BCUT2D eigenvalue weighted by Crippen LogP contribution is -2.43. The van der Waals surface area contributed by atoms with Crippen molar-refractivity contribution in [1.82, 2.24) is 4.90 Å². The molecule has 0 aromatic rings. The van der Waals surface area contributed by atoms with Gasteiger partial charge >= 0.3 is 6.18 Å². The zero-order chi connectivity index (χ0) is 13.3. The fourth-order valence-corrected chi connectivity index (χ4v) is 3.52. The minimum atomic E-state index is -4.09. The number of aliphatic hydroxyl groups excluding tert-OH is 1. The zero-order valence-corrected chi connectivity index (χ0v) is 10.8. The molecular weight excluding hydrogens is 243 g/mol. The van der Waals surface area contributed by atoms with Crippen molar-refractivity contribution < 1.29 is 18.3 Å². The predicted octanol–water partition coefficient (Wildman–Crippen LogP) is 2.95. The number of fused-ring (bicyclic) bond motifs is 2. The molecule has 2 bridgehead atoms. The fourth-order valence-electron chi connectivity index (χ4n) is 3.52. The first-order valence-corrected chi connectivity index (χ1v) is 6.83. The van der Waals surface area contributed by atoms with Crippen molar-refractivity contribution >= 4 is 0 Å². The van der Waals surface area contributed by atoms with Crippen LogP contribution in [0.4, 0.5) is 13.2 Å². The first kappa shape index (κ1) is 14.1. The van der Waals surface area contributed by atoms with E-state index in [2.05, 4.69) is 11.9 Å². The van der Waals surface area contributed by atoms with Crippen molar-refractivity contribution in [3.63, 3.8) is 0 Å². The summed E-state index contributed by atoms with van der Waals surface area (Å²) in [5.41, 5.74) is 0. The van der Waals surface area contributed by atoms with E-state index < -0.39 is 18.7 Å². The summed E-state index contributed by atoms with van der Waals surface area (Å²) in [7, 11) is 2.12. The summed E-state index contributed by atoms with van der Waals surface area (Å²) in [5.74, 6) is 0.201. The summed E-state index contributed by atoms with van der Waals surface area (Å²) in [5, 5.41) is 10.0. The van der Waals surface area contributed by atoms with Gasteiger partial charge in [-0.05, 0) is 51.5 Å². The summed E-state index contributed by atoms with van der Waals surface area (Å²) < 4.78 is 36.1. The SMILES string of the molecule is CN1C2CCC1CC(C(O)CCCC(F)(F)F)C2. The largest absolute Gasteiger partial charge is 0.393 e. The van der Waals surface area contributed by atoms with Crippen molar-refractivity contribution in [2.45, 2.75) is 69.3 Å². The van der Waals surface area contributed by atoms with Crippen LogP contribution in [0.5, 0.6) is 0 Å². The lowest BCUT2D eigenvalue weighted by Gasteiger charge is -2.38. The second-order valence-corrected chi connectivity index (χ2v) is 5.86. The zero-order valence-electron chi connectivity index (χ0n) is 10.8. The molecule has 0 amide bonds. The maximum absolute atomic E-state index is 12.0. The lowest BCUT2D eigenvalue weighted by atomic mass is 9.85. The van der Waals surface area contributed by atoms with E-state index in [1.807, 2.05) is 0 Å².